The number of rotatable bonds is 6. The molecule has 8 heteroatoms. The van der Waals surface area contributed by atoms with E-state index in [4.69, 9.17) is 19.8 Å². The summed E-state index contributed by atoms with van der Waals surface area (Å²) in [5.41, 5.74) is 4.97. The first-order chi connectivity index (χ1) is 14.5. The minimum Gasteiger partial charge on any atom is -0.477 e. The Hall–Kier alpha value is -3.55. The molecule has 0 fully saturated rings. The average molecular weight is 403 g/mol. The zero-order valence-electron chi connectivity index (χ0n) is 17.9. The molecule has 4 aromatic heterocycles. The number of pyridine rings is 1. The Morgan fingerprint density at radius 1 is 1.27 bits per heavy atom. The Kier molecular flexibility index (Phi) is 5.31. The molecule has 0 aliphatic carbocycles. The second-order valence-corrected chi connectivity index (χ2v) is 7.39. The van der Waals surface area contributed by atoms with Crippen molar-refractivity contribution in [3.63, 3.8) is 0 Å². The summed E-state index contributed by atoms with van der Waals surface area (Å²) in [6.07, 6.45) is 7.15. The van der Waals surface area contributed by atoms with Gasteiger partial charge in [0.15, 0.2) is 0 Å². The summed E-state index contributed by atoms with van der Waals surface area (Å²) in [5, 5.41) is 4.85. The molecule has 0 aliphatic rings. The molecular weight excluding hydrogens is 378 g/mol. The number of aromatic nitrogens is 6. The highest BCUT2D eigenvalue weighted by atomic mass is 16.5. The van der Waals surface area contributed by atoms with Crippen LogP contribution in [0.1, 0.15) is 43.9 Å². The van der Waals surface area contributed by atoms with Gasteiger partial charge in [-0.05, 0) is 38.0 Å². The van der Waals surface area contributed by atoms with Crippen molar-refractivity contribution in [2.75, 3.05) is 6.61 Å². The molecule has 0 aromatic carbocycles. The van der Waals surface area contributed by atoms with Crippen LogP contribution in [0.2, 0.25) is 0 Å². The van der Waals surface area contributed by atoms with Gasteiger partial charge in [-0.25, -0.2) is 19.5 Å². The molecule has 0 N–H and O–H groups in total. The van der Waals surface area contributed by atoms with Gasteiger partial charge in [-0.3, -0.25) is 4.99 Å². The summed E-state index contributed by atoms with van der Waals surface area (Å²) >= 11 is 0. The van der Waals surface area contributed by atoms with Gasteiger partial charge in [0.1, 0.15) is 11.3 Å². The van der Waals surface area contributed by atoms with Crippen molar-refractivity contribution < 1.29 is 4.74 Å². The fraction of sp³-hybridized carbons (Fsp3) is 0.318. The van der Waals surface area contributed by atoms with E-state index in [1.54, 1.807) is 18.7 Å². The molecule has 0 aliphatic heterocycles. The largest absolute Gasteiger partial charge is 0.477 e. The highest BCUT2D eigenvalue weighted by Gasteiger charge is 2.19. The van der Waals surface area contributed by atoms with Crippen LogP contribution in [0.5, 0.6) is 5.88 Å². The van der Waals surface area contributed by atoms with Crippen LogP contribution in [0.3, 0.4) is 0 Å². The topological polar surface area (TPSA) is 82.5 Å². The molecular formula is C22H25N7O. The predicted octanol–water partition coefficient (Wildman–Crippen LogP) is 4.11. The lowest BCUT2D eigenvalue weighted by Gasteiger charge is -2.11. The van der Waals surface area contributed by atoms with Crippen LogP contribution in [-0.2, 0) is 7.05 Å². The summed E-state index contributed by atoms with van der Waals surface area (Å²) < 4.78 is 9.47. The van der Waals surface area contributed by atoms with Crippen LogP contribution in [0.25, 0.3) is 16.8 Å². The molecule has 0 saturated carbocycles. The van der Waals surface area contributed by atoms with Crippen molar-refractivity contribution in [1.82, 2.24) is 29.1 Å². The Morgan fingerprint density at radius 2 is 2.10 bits per heavy atom. The van der Waals surface area contributed by atoms with E-state index in [1.807, 2.05) is 54.4 Å². The molecule has 0 atom stereocenters. The van der Waals surface area contributed by atoms with Crippen molar-refractivity contribution in [3.8, 4) is 17.1 Å². The lowest BCUT2D eigenvalue weighted by molar-refractivity contribution is 0.328. The number of aryl methyl sites for hydroxylation is 2. The molecule has 0 amide bonds. The second-order valence-electron chi connectivity index (χ2n) is 7.39. The van der Waals surface area contributed by atoms with E-state index in [-0.39, 0.29) is 5.92 Å². The molecule has 8 nitrogen and oxygen atoms in total. The summed E-state index contributed by atoms with van der Waals surface area (Å²) in [7, 11) is 1.93. The number of aliphatic imine (C=N–C) groups is 1. The monoisotopic (exact) mass is 403 g/mol. The van der Waals surface area contributed by atoms with Crippen LogP contribution >= 0.6 is 0 Å². The first-order valence-electron chi connectivity index (χ1n) is 9.98. The van der Waals surface area contributed by atoms with E-state index in [0.717, 1.165) is 39.7 Å². The molecule has 0 unspecified atom stereocenters. The van der Waals surface area contributed by atoms with Gasteiger partial charge in [0.2, 0.25) is 5.88 Å². The number of hydrogen-bond donors (Lipinski definition) is 0. The van der Waals surface area contributed by atoms with Crippen molar-refractivity contribution in [1.29, 1.82) is 0 Å². The first-order valence-corrected chi connectivity index (χ1v) is 9.98. The fourth-order valence-electron chi connectivity index (χ4n) is 3.35. The minimum atomic E-state index is 0.238. The van der Waals surface area contributed by atoms with Crippen molar-refractivity contribution >= 4 is 17.4 Å². The SMILES string of the molecule is CCOc1ncccc1-c1cc(/N=C/c2cn(C)cn2)c2c(C(C)C)nc(C)n2n1. The Bertz CT molecular complexity index is 1220. The van der Waals surface area contributed by atoms with Gasteiger partial charge in [0, 0.05) is 19.4 Å². The van der Waals surface area contributed by atoms with Gasteiger partial charge in [0.25, 0.3) is 0 Å². The average Bonchev–Trinajstić information content (AvgIpc) is 3.30. The Morgan fingerprint density at radius 3 is 2.80 bits per heavy atom. The quantitative estimate of drug-likeness (QED) is 0.453. The van der Waals surface area contributed by atoms with E-state index < -0.39 is 0 Å². The molecule has 0 radical (unpaired) electrons. The summed E-state index contributed by atoms with van der Waals surface area (Å²) in [6, 6.07) is 5.79. The van der Waals surface area contributed by atoms with Crippen molar-refractivity contribution in [2.45, 2.75) is 33.6 Å². The lowest BCUT2D eigenvalue weighted by Crippen LogP contribution is -2.01. The molecule has 4 aromatic rings. The minimum absolute atomic E-state index is 0.238. The predicted molar refractivity (Wildman–Crippen MR) is 117 cm³/mol. The van der Waals surface area contributed by atoms with Crippen LogP contribution in [0.15, 0.2) is 41.9 Å². The van der Waals surface area contributed by atoms with E-state index >= 15 is 0 Å². The Labute approximate surface area is 175 Å². The molecule has 0 spiro atoms. The van der Waals surface area contributed by atoms with Crippen molar-refractivity contribution in [3.05, 3.63) is 54.1 Å². The standard InChI is InChI=1S/C22H25N7O/c1-6-30-22-17(8-7-9-23-22)18-10-19(24-11-16-12-28(5)13-25-16)21-20(14(2)3)26-15(4)29(21)27-18/h7-14H,6H2,1-5H3/b24-11+. The smallest absolute Gasteiger partial charge is 0.222 e. The second kappa shape index (κ2) is 8.06. The Balaban J connectivity index is 1.94. The third kappa shape index (κ3) is 3.68. The molecule has 30 heavy (non-hydrogen) atoms. The molecule has 154 valence electrons. The third-order valence-electron chi connectivity index (χ3n) is 4.70. The van der Waals surface area contributed by atoms with Gasteiger partial charge in [-0.2, -0.15) is 5.10 Å². The highest BCUT2D eigenvalue weighted by molar-refractivity contribution is 5.85. The molecule has 0 bridgehead atoms. The summed E-state index contributed by atoms with van der Waals surface area (Å²) in [4.78, 5) is 18.2. The maximum absolute atomic E-state index is 5.72. The zero-order chi connectivity index (χ0) is 21.3. The van der Waals surface area contributed by atoms with Gasteiger partial charge in [0.05, 0.1) is 47.5 Å². The third-order valence-corrected chi connectivity index (χ3v) is 4.70. The fourth-order valence-corrected chi connectivity index (χ4v) is 3.35. The molecule has 4 heterocycles. The van der Waals surface area contributed by atoms with Crippen LogP contribution in [0, 0.1) is 6.92 Å². The number of nitrogens with zero attached hydrogens (tertiary/aromatic N) is 7. The zero-order valence-corrected chi connectivity index (χ0v) is 17.9. The van der Waals surface area contributed by atoms with E-state index in [1.165, 1.54) is 0 Å². The summed E-state index contributed by atoms with van der Waals surface area (Å²) in [6.45, 7) is 8.66. The van der Waals surface area contributed by atoms with E-state index in [0.29, 0.717) is 12.5 Å². The maximum Gasteiger partial charge on any atom is 0.222 e. The van der Waals surface area contributed by atoms with Gasteiger partial charge >= 0.3 is 0 Å². The highest BCUT2D eigenvalue weighted by Crippen LogP contribution is 2.34. The molecule has 0 saturated heterocycles. The van der Waals surface area contributed by atoms with Crippen LogP contribution < -0.4 is 4.74 Å². The van der Waals surface area contributed by atoms with Crippen LogP contribution in [-0.4, -0.2) is 42.0 Å². The van der Waals surface area contributed by atoms with Gasteiger partial charge in [-0.1, -0.05) is 13.8 Å². The number of hydrogen-bond acceptors (Lipinski definition) is 6. The first kappa shape index (κ1) is 19.8. The van der Waals surface area contributed by atoms with E-state index in [2.05, 4.69) is 23.8 Å². The molecule has 4 rings (SSSR count). The number of ether oxygens (including phenoxy) is 1. The number of imidazole rings is 2. The number of fused-ring (bicyclic) bond motifs is 1. The maximum atomic E-state index is 5.72. The van der Waals surface area contributed by atoms with Crippen molar-refractivity contribution in [2.24, 2.45) is 12.0 Å². The lowest BCUT2D eigenvalue weighted by atomic mass is 10.1. The van der Waals surface area contributed by atoms with Gasteiger partial charge in [-0.15, -0.1) is 0 Å². The summed E-state index contributed by atoms with van der Waals surface area (Å²) in [5.74, 6) is 1.60. The normalized spacial score (nSPS) is 11.8. The van der Waals surface area contributed by atoms with Crippen LogP contribution in [0.4, 0.5) is 5.69 Å². The van der Waals surface area contributed by atoms with Gasteiger partial charge < -0.3 is 9.30 Å². The van der Waals surface area contributed by atoms with E-state index in [9.17, 15) is 0 Å².